The van der Waals surface area contributed by atoms with Crippen molar-refractivity contribution in [3.8, 4) is 21.9 Å². The number of amides is 1. The summed E-state index contributed by atoms with van der Waals surface area (Å²) in [5.74, 6) is 1.05. The van der Waals surface area contributed by atoms with E-state index in [0.717, 1.165) is 27.2 Å². The minimum absolute atomic E-state index is 0.237. The average molecular weight is 485 g/mol. The number of carbonyl (C=O) groups is 1. The van der Waals surface area contributed by atoms with Gasteiger partial charge in [-0.3, -0.25) is 4.79 Å². The van der Waals surface area contributed by atoms with E-state index in [-0.39, 0.29) is 5.91 Å². The van der Waals surface area contributed by atoms with Gasteiger partial charge in [-0.25, -0.2) is 4.98 Å². The Labute approximate surface area is 206 Å². The lowest BCUT2D eigenvalue weighted by atomic mass is 10.1. The third-order valence-electron chi connectivity index (χ3n) is 5.43. The van der Waals surface area contributed by atoms with Crippen LogP contribution in [0.1, 0.15) is 16.9 Å². The zero-order chi connectivity index (χ0) is 23.7. The fraction of sp³-hybridized carbons (Fsp3) is 0.0714. The van der Waals surface area contributed by atoms with Crippen LogP contribution in [0.25, 0.3) is 38.2 Å². The van der Waals surface area contributed by atoms with Crippen LogP contribution in [0.5, 0.6) is 0 Å². The number of fused-ring (bicyclic) bond motifs is 1. The summed E-state index contributed by atoms with van der Waals surface area (Å²) in [4.78, 5) is 17.1. The molecule has 2 aromatic heterocycles. The zero-order valence-electron chi connectivity index (χ0n) is 18.6. The smallest absolute Gasteiger partial charge is 0.248 e. The van der Waals surface area contributed by atoms with E-state index >= 15 is 0 Å². The van der Waals surface area contributed by atoms with Gasteiger partial charge in [-0.2, -0.15) is 0 Å². The van der Waals surface area contributed by atoms with Gasteiger partial charge in [0, 0.05) is 27.9 Å². The van der Waals surface area contributed by atoms with Crippen LogP contribution in [0.4, 0.5) is 5.69 Å². The molecule has 3 aromatic carbocycles. The number of thiazole rings is 1. The SMILES string of the molecule is Cc1ccc2nc(-c3ccc(NC(=O)C=Cc4ccc(-c5ccc(C)c(Cl)c5)o4)cc3)sc2c1. The highest BCUT2D eigenvalue weighted by Gasteiger charge is 2.08. The number of aryl methyl sites for hydroxylation is 2. The summed E-state index contributed by atoms with van der Waals surface area (Å²) < 4.78 is 7.00. The quantitative estimate of drug-likeness (QED) is 0.256. The molecular weight excluding hydrogens is 464 g/mol. The van der Waals surface area contributed by atoms with Gasteiger partial charge in [0.2, 0.25) is 5.91 Å². The molecule has 2 heterocycles. The number of anilines is 1. The number of nitrogens with zero attached hydrogens (tertiary/aromatic N) is 1. The number of furan rings is 1. The minimum atomic E-state index is -0.237. The fourth-order valence-electron chi connectivity index (χ4n) is 3.54. The Morgan fingerprint density at radius 2 is 1.76 bits per heavy atom. The first-order valence-electron chi connectivity index (χ1n) is 10.8. The molecule has 6 heteroatoms. The highest BCUT2D eigenvalue weighted by Crippen LogP contribution is 2.31. The Kier molecular flexibility index (Phi) is 6.05. The summed E-state index contributed by atoms with van der Waals surface area (Å²) in [5.41, 5.74) is 5.86. The molecule has 168 valence electrons. The Morgan fingerprint density at radius 3 is 2.56 bits per heavy atom. The van der Waals surface area contributed by atoms with Crippen molar-refractivity contribution in [2.45, 2.75) is 13.8 Å². The molecule has 0 unspecified atom stereocenters. The molecule has 5 rings (SSSR count). The fourth-order valence-corrected chi connectivity index (χ4v) is 4.79. The number of halogens is 1. The number of carbonyl (C=O) groups excluding carboxylic acids is 1. The van der Waals surface area contributed by atoms with Crippen molar-refractivity contribution in [3.63, 3.8) is 0 Å². The molecule has 0 aliphatic carbocycles. The van der Waals surface area contributed by atoms with E-state index in [1.54, 1.807) is 17.4 Å². The van der Waals surface area contributed by atoms with Gasteiger partial charge < -0.3 is 9.73 Å². The number of benzene rings is 3. The predicted octanol–water partition coefficient (Wildman–Crippen LogP) is 8.15. The largest absolute Gasteiger partial charge is 0.457 e. The van der Waals surface area contributed by atoms with Gasteiger partial charge in [0.25, 0.3) is 0 Å². The summed E-state index contributed by atoms with van der Waals surface area (Å²) >= 11 is 7.87. The molecular formula is C28H21ClN2O2S. The standard InChI is InChI=1S/C28H21ClN2O2S/c1-17-3-12-24-26(15-17)34-28(31-24)19-6-8-21(9-7-19)30-27(32)14-11-22-10-13-25(33-22)20-5-4-18(2)23(29)16-20/h3-16H,1-2H3,(H,30,32). The van der Waals surface area contributed by atoms with Crippen molar-refractivity contribution in [2.75, 3.05) is 5.32 Å². The molecule has 0 atom stereocenters. The number of hydrogen-bond acceptors (Lipinski definition) is 4. The molecule has 0 saturated heterocycles. The average Bonchev–Trinajstić information content (AvgIpc) is 3.47. The van der Waals surface area contributed by atoms with Crippen molar-refractivity contribution >= 4 is 50.8 Å². The number of rotatable bonds is 5. The second kappa shape index (κ2) is 9.29. The molecule has 34 heavy (non-hydrogen) atoms. The maximum atomic E-state index is 12.4. The lowest BCUT2D eigenvalue weighted by molar-refractivity contribution is -0.111. The molecule has 0 aliphatic rings. The summed E-state index contributed by atoms with van der Waals surface area (Å²) in [6.07, 6.45) is 3.10. The third kappa shape index (κ3) is 4.81. The molecule has 1 amide bonds. The van der Waals surface area contributed by atoms with Gasteiger partial charge in [-0.05, 0) is 85.6 Å². The van der Waals surface area contributed by atoms with Gasteiger partial charge >= 0.3 is 0 Å². The van der Waals surface area contributed by atoms with Gasteiger partial charge in [0.1, 0.15) is 16.5 Å². The van der Waals surface area contributed by atoms with Crippen molar-refractivity contribution in [2.24, 2.45) is 0 Å². The number of hydrogen-bond donors (Lipinski definition) is 1. The molecule has 5 aromatic rings. The second-order valence-electron chi connectivity index (χ2n) is 8.06. The van der Waals surface area contributed by atoms with E-state index in [2.05, 4.69) is 24.4 Å². The van der Waals surface area contributed by atoms with Crippen molar-refractivity contribution in [3.05, 3.63) is 101 Å². The first-order chi connectivity index (χ1) is 16.4. The Morgan fingerprint density at radius 1 is 0.971 bits per heavy atom. The van der Waals surface area contributed by atoms with Crippen molar-refractivity contribution in [1.82, 2.24) is 4.98 Å². The number of nitrogens with one attached hydrogen (secondary N) is 1. The first-order valence-corrected chi connectivity index (χ1v) is 12.0. The van der Waals surface area contributed by atoms with Gasteiger partial charge in [-0.15, -0.1) is 11.3 Å². The lowest BCUT2D eigenvalue weighted by Crippen LogP contribution is -2.07. The van der Waals surface area contributed by atoms with Crippen LogP contribution >= 0.6 is 22.9 Å². The van der Waals surface area contributed by atoms with Crippen LogP contribution < -0.4 is 5.32 Å². The highest BCUT2D eigenvalue weighted by molar-refractivity contribution is 7.21. The molecule has 1 N–H and O–H groups in total. The molecule has 0 aliphatic heterocycles. The lowest BCUT2D eigenvalue weighted by Gasteiger charge is -2.03. The summed E-state index contributed by atoms with van der Waals surface area (Å²) in [5, 5.41) is 4.52. The van der Waals surface area contributed by atoms with E-state index < -0.39 is 0 Å². The minimum Gasteiger partial charge on any atom is -0.457 e. The summed E-state index contributed by atoms with van der Waals surface area (Å²) in [7, 11) is 0. The van der Waals surface area contributed by atoms with Crippen molar-refractivity contribution < 1.29 is 9.21 Å². The van der Waals surface area contributed by atoms with Crippen LogP contribution in [0, 0.1) is 13.8 Å². The zero-order valence-corrected chi connectivity index (χ0v) is 20.2. The Balaban J connectivity index is 1.24. The third-order valence-corrected chi connectivity index (χ3v) is 6.90. The van der Waals surface area contributed by atoms with Crippen LogP contribution in [0.15, 0.2) is 83.3 Å². The monoisotopic (exact) mass is 484 g/mol. The highest BCUT2D eigenvalue weighted by atomic mass is 35.5. The topological polar surface area (TPSA) is 55.1 Å². The molecule has 0 spiro atoms. The maximum Gasteiger partial charge on any atom is 0.248 e. The van der Waals surface area contributed by atoms with E-state index in [9.17, 15) is 4.79 Å². The summed E-state index contributed by atoms with van der Waals surface area (Å²) in [6, 6.07) is 23.4. The molecule has 0 fully saturated rings. The second-order valence-corrected chi connectivity index (χ2v) is 9.49. The molecule has 4 nitrogen and oxygen atoms in total. The van der Waals surface area contributed by atoms with Crippen molar-refractivity contribution in [1.29, 1.82) is 0 Å². The normalized spacial score (nSPS) is 11.4. The van der Waals surface area contributed by atoms with Gasteiger partial charge in [-0.1, -0.05) is 29.8 Å². The first kappa shape index (κ1) is 22.1. The maximum absolute atomic E-state index is 12.4. The van der Waals surface area contributed by atoms with Crippen LogP contribution in [0.3, 0.4) is 0 Å². The van der Waals surface area contributed by atoms with E-state index in [4.69, 9.17) is 21.0 Å². The van der Waals surface area contributed by atoms with Gasteiger partial charge in [0.05, 0.1) is 10.2 Å². The van der Waals surface area contributed by atoms with Gasteiger partial charge in [0.15, 0.2) is 0 Å². The Hall–Kier alpha value is -3.67. The van der Waals surface area contributed by atoms with Crippen LogP contribution in [-0.4, -0.2) is 10.9 Å². The molecule has 0 radical (unpaired) electrons. The van der Waals surface area contributed by atoms with Crippen LogP contribution in [0.2, 0.25) is 5.02 Å². The Bertz CT molecular complexity index is 1530. The van der Waals surface area contributed by atoms with E-state index in [0.29, 0.717) is 22.2 Å². The molecule has 0 saturated carbocycles. The summed E-state index contributed by atoms with van der Waals surface area (Å²) in [6.45, 7) is 4.03. The number of aromatic nitrogens is 1. The van der Waals surface area contributed by atoms with Crippen LogP contribution in [-0.2, 0) is 4.79 Å². The van der Waals surface area contributed by atoms with E-state index in [1.807, 2.05) is 67.6 Å². The molecule has 0 bridgehead atoms. The predicted molar refractivity (Wildman–Crippen MR) is 141 cm³/mol. The van der Waals surface area contributed by atoms with E-state index in [1.165, 1.54) is 16.3 Å².